The number of nitrogens with zero attached hydrogens (tertiary/aromatic N) is 1. The summed E-state index contributed by atoms with van der Waals surface area (Å²) in [5, 5.41) is 0.931. The number of benzene rings is 2. The summed E-state index contributed by atoms with van der Waals surface area (Å²) >= 11 is 1.52. The topological polar surface area (TPSA) is 50.5 Å². The molecule has 3 aromatic rings. The quantitative estimate of drug-likeness (QED) is 0.527. The van der Waals surface area contributed by atoms with Gasteiger partial charge in [0.15, 0.2) is 0 Å². The highest BCUT2D eigenvalue weighted by Crippen LogP contribution is 2.24. The Kier molecular flexibility index (Phi) is 6.57. The molecule has 0 bridgehead atoms. The fourth-order valence-electron chi connectivity index (χ4n) is 3.25. The molecule has 0 fully saturated rings. The smallest absolute Gasteiger partial charge is 0.336 e. The molecule has 4 nitrogen and oxygen atoms in total. The van der Waals surface area contributed by atoms with Crippen molar-refractivity contribution in [2.75, 3.05) is 10.7 Å². The largest absolute Gasteiger partial charge is 0.423 e. The summed E-state index contributed by atoms with van der Waals surface area (Å²) in [7, 11) is 0. The maximum Gasteiger partial charge on any atom is 0.336 e. The van der Waals surface area contributed by atoms with E-state index in [4.69, 9.17) is 4.42 Å². The van der Waals surface area contributed by atoms with E-state index in [0.29, 0.717) is 17.1 Å². The van der Waals surface area contributed by atoms with Crippen molar-refractivity contribution in [1.29, 1.82) is 0 Å². The van der Waals surface area contributed by atoms with Gasteiger partial charge in [-0.3, -0.25) is 4.79 Å². The van der Waals surface area contributed by atoms with E-state index in [1.165, 1.54) is 17.8 Å². The third-order valence-corrected chi connectivity index (χ3v) is 5.57. The Morgan fingerprint density at radius 3 is 2.54 bits per heavy atom. The highest BCUT2D eigenvalue weighted by Gasteiger charge is 2.19. The molecule has 0 aliphatic carbocycles. The van der Waals surface area contributed by atoms with Crippen molar-refractivity contribution in [3.63, 3.8) is 0 Å². The lowest BCUT2D eigenvalue weighted by Crippen LogP contribution is -2.38. The zero-order valence-corrected chi connectivity index (χ0v) is 17.3. The lowest BCUT2D eigenvalue weighted by molar-refractivity contribution is -0.116. The van der Waals surface area contributed by atoms with Crippen molar-refractivity contribution in [3.05, 3.63) is 76.1 Å². The molecule has 0 unspecified atom stereocenters. The summed E-state index contributed by atoms with van der Waals surface area (Å²) in [5.74, 6) is 0.994. The predicted octanol–water partition coefficient (Wildman–Crippen LogP) is 5.03. The van der Waals surface area contributed by atoms with Gasteiger partial charge in [0.1, 0.15) is 5.58 Å². The van der Waals surface area contributed by atoms with Crippen molar-refractivity contribution < 1.29 is 9.21 Å². The highest BCUT2D eigenvalue weighted by atomic mass is 32.2. The molecule has 1 amide bonds. The Balaban J connectivity index is 1.74. The second-order valence-electron chi connectivity index (χ2n) is 6.96. The zero-order valence-electron chi connectivity index (χ0n) is 16.5. The van der Waals surface area contributed by atoms with Crippen LogP contribution in [-0.2, 0) is 17.0 Å². The van der Waals surface area contributed by atoms with Gasteiger partial charge in [-0.2, -0.15) is 0 Å². The average molecular weight is 396 g/mol. The number of hydrogen-bond acceptors (Lipinski definition) is 4. The lowest BCUT2D eigenvalue weighted by atomic mass is 10.1. The van der Waals surface area contributed by atoms with Gasteiger partial charge in [0.25, 0.3) is 0 Å². The SMILES string of the molecule is CCc1ccc2c(CSCC(=O)N(c3ccccc3)C(C)C)cc(=O)oc2c1. The Morgan fingerprint density at radius 2 is 1.86 bits per heavy atom. The maximum absolute atomic E-state index is 12.8. The van der Waals surface area contributed by atoms with E-state index in [-0.39, 0.29) is 17.6 Å². The van der Waals surface area contributed by atoms with Crippen molar-refractivity contribution >= 4 is 34.3 Å². The normalized spacial score (nSPS) is 11.1. The molecule has 28 heavy (non-hydrogen) atoms. The number of amides is 1. The molecule has 2 aromatic carbocycles. The average Bonchev–Trinajstić information content (AvgIpc) is 2.68. The Morgan fingerprint density at radius 1 is 1.11 bits per heavy atom. The van der Waals surface area contributed by atoms with Crippen LogP contribution in [0.5, 0.6) is 0 Å². The monoisotopic (exact) mass is 395 g/mol. The van der Waals surface area contributed by atoms with Crippen LogP contribution >= 0.6 is 11.8 Å². The number of carbonyl (C=O) groups is 1. The summed E-state index contributed by atoms with van der Waals surface area (Å²) in [4.78, 5) is 26.6. The summed E-state index contributed by atoms with van der Waals surface area (Å²) < 4.78 is 5.36. The molecule has 1 heterocycles. The molecule has 0 saturated carbocycles. The van der Waals surface area contributed by atoms with Gasteiger partial charge in [0.05, 0.1) is 5.75 Å². The van der Waals surface area contributed by atoms with Gasteiger partial charge in [0, 0.05) is 28.9 Å². The number of fused-ring (bicyclic) bond motifs is 1. The van der Waals surface area contributed by atoms with Crippen LogP contribution in [0.25, 0.3) is 11.0 Å². The molecule has 0 atom stereocenters. The van der Waals surface area contributed by atoms with E-state index >= 15 is 0 Å². The Bertz CT molecular complexity index is 1010. The van der Waals surface area contributed by atoms with E-state index in [1.54, 1.807) is 0 Å². The van der Waals surface area contributed by atoms with Crippen molar-refractivity contribution in [2.24, 2.45) is 0 Å². The zero-order chi connectivity index (χ0) is 20.1. The number of hydrogen-bond donors (Lipinski definition) is 0. The number of rotatable bonds is 7. The number of para-hydroxylation sites is 1. The maximum atomic E-state index is 12.8. The van der Waals surface area contributed by atoms with Crippen LogP contribution in [0, 0.1) is 0 Å². The number of carbonyl (C=O) groups excluding carboxylic acids is 1. The van der Waals surface area contributed by atoms with Crippen molar-refractivity contribution in [3.8, 4) is 0 Å². The molecular formula is C23H25NO3S. The van der Waals surface area contributed by atoms with Crippen LogP contribution in [0.2, 0.25) is 0 Å². The van der Waals surface area contributed by atoms with Gasteiger partial charge >= 0.3 is 5.63 Å². The first-order chi connectivity index (χ1) is 13.5. The fourth-order valence-corrected chi connectivity index (χ4v) is 4.12. The van der Waals surface area contributed by atoms with Gasteiger partial charge in [-0.15, -0.1) is 11.8 Å². The molecule has 3 rings (SSSR count). The molecule has 0 aliphatic heterocycles. The van der Waals surface area contributed by atoms with E-state index in [9.17, 15) is 9.59 Å². The van der Waals surface area contributed by atoms with E-state index in [2.05, 4.69) is 13.0 Å². The Hall–Kier alpha value is -2.53. The Labute approximate surface area is 169 Å². The van der Waals surface area contributed by atoms with Crippen LogP contribution < -0.4 is 10.5 Å². The summed E-state index contributed by atoms with van der Waals surface area (Å²) in [6.45, 7) is 6.09. The van der Waals surface area contributed by atoms with Gasteiger partial charge < -0.3 is 9.32 Å². The first kappa shape index (κ1) is 20.2. The first-order valence-electron chi connectivity index (χ1n) is 9.50. The van der Waals surface area contributed by atoms with E-state index in [0.717, 1.165) is 28.6 Å². The van der Waals surface area contributed by atoms with Gasteiger partial charge in [-0.1, -0.05) is 37.3 Å². The molecule has 0 saturated heterocycles. The predicted molar refractivity (Wildman–Crippen MR) is 117 cm³/mol. The second-order valence-corrected chi connectivity index (χ2v) is 7.95. The third-order valence-electron chi connectivity index (χ3n) is 4.61. The third kappa shape index (κ3) is 4.65. The minimum Gasteiger partial charge on any atom is -0.423 e. The van der Waals surface area contributed by atoms with Gasteiger partial charge in [-0.25, -0.2) is 4.79 Å². The molecule has 146 valence electrons. The molecule has 0 N–H and O–H groups in total. The molecule has 0 aliphatic rings. The van der Waals surface area contributed by atoms with E-state index < -0.39 is 0 Å². The first-order valence-corrected chi connectivity index (χ1v) is 10.7. The van der Waals surface area contributed by atoms with Crippen LogP contribution in [0.4, 0.5) is 5.69 Å². The summed E-state index contributed by atoms with van der Waals surface area (Å²) in [6, 6.07) is 17.3. The van der Waals surface area contributed by atoms with Crippen LogP contribution in [0.3, 0.4) is 0 Å². The number of aryl methyl sites for hydroxylation is 1. The van der Waals surface area contributed by atoms with Crippen LogP contribution in [0.1, 0.15) is 31.9 Å². The van der Waals surface area contributed by atoms with Crippen molar-refractivity contribution in [1.82, 2.24) is 0 Å². The van der Waals surface area contributed by atoms with Gasteiger partial charge in [-0.05, 0) is 49.6 Å². The second kappa shape index (κ2) is 9.11. The standard InChI is InChI=1S/C23H25NO3S/c1-4-17-10-11-20-18(13-23(26)27-21(20)12-17)14-28-15-22(25)24(16(2)3)19-8-6-5-7-9-19/h5-13,16H,4,14-15H2,1-3H3. The summed E-state index contributed by atoms with van der Waals surface area (Å²) in [6.07, 6.45) is 0.887. The van der Waals surface area contributed by atoms with E-state index in [1.807, 2.05) is 61.2 Å². The van der Waals surface area contributed by atoms with Crippen LogP contribution in [-0.4, -0.2) is 17.7 Å². The molecular weight excluding hydrogens is 370 g/mol. The minimum absolute atomic E-state index is 0.0618. The summed E-state index contributed by atoms with van der Waals surface area (Å²) in [5.41, 5.74) is 3.20. The number of thioether (sulfide) groups is 1. The van der Waals surface area contributed by atoms with Crippen LogP contribution in [0.15, 0.2) is 63.8 Å². The molecule has 0 spiro atoms. The van der Waals surface area contributed by atoms with Crippen molar-refractivity contribution in [2.45, 2.75) is 39.0 Å². The molecule has 1 aromatic heterocycles. The number of anilines is 1. The minimum atomic E-state index is -0.351. The highest BCUT2D eigenvalue weighted by molar-refractivity contribution is 7.99. The van der Waals surface area contributed by atoms with Gasteiger partial charge in [0.2, 0.25) is 5.91 Å². The molecule has 0 radical (unpaired) electrons. The molecule has 5 heteroatoms. The fraction of sp³-hybridized carbons (Fsp3) is 0.304. The lowest BCUT2D eigenvalue weighted by Gasteiger charge is -2.26.